The van der Waals surface area contributed by atoms with E-state index >= 15 is 0 Å². The van der Waals surface area contributed by atoms with Crippen molar-refractivity contribution in [1.29, 1.82) is 0 Å². The number of benzene rings is 1. The van der Waals surface area contributed by atoms with Gasteiger partial charge in [-0.25, -0.2) is 0 Å². The van der Waals surface area contributed by atoms with Crippen molar-refractivity contribution in [2.24, 2.45) is 11.8 Å². The molecule has 0 fully saturated rings. The van der Waals surface area contributed by atoms with Crippen molar-refractivity contribution in [3.63, 3.8) is 0 Å². The van der Waals surface area contributed by atoms with Gasteiger partial charge in [-0.05, 0) is 17.9 Å². The van der Waals surface area contributed by atoms with Crippen LogP contribution in [0.4, 0.5) is 0 Å². The largest absolute Gasteiger partial charge is 0.396 e. The Morgan fingerprint density at radius 2 is 1.77 bits per heavy atom. The van der Waals surface area contributed by atoms with Crippen LogP contribution in [0.1, 0.15) is 31.9 Å². The van der Waals surface area contributed by atoms with Crippen molar-refractivity contribution in [3.8, 4) is 0 Å². The summed E-state index contributed by atoms with van der Waals surface area (Å²) in [7, 11) is -1.90. The fourth-order valence-electron chi connectivity index (χ4n) is 2.61. The lowest BCUT2D eigenvalue weighted by Crippen LogP contribution is -2.44. The van der Waals surface area contributed by atoms with Crippen LogP contribution in [0.2, 0.25) is 19.6 Å². The van der Waals surface area contributed by atoms with Crippen LogP contribution < -0.4 is 0 Å². The third-order valence-corrected chi connectivity index (χ3v) is 5.63. The van der Waals surface area contributed by atoms with Gasteiger partial charge in [0.15, 0.2) is 0 Å². The number of hydrogen-bond acceptors (Lipinski definition) is 3. The summed E-state index contributed by atoms with van der Waals surface area (Å²) < 4.78 is 6.05. The third-order valence-electron chi connectivity index (χ3n) is 3.81. The molecule has 0 unspecified atom stereocenters. The first kappa shape index (κ1) is 19.1. The van der Waals surface area contributed by atoms with E-state index in [4.69, 9.17) is 9.84 Å². The minimum absolute atomic E-state index is 0.107. The lowest BCUT2D eigenvalue weighted by atomic mass is 9.87. The predicted octanol–water partition coefficient (Wildman–Crippen LogP) is 3.85. The van der Waals surface area contributed by atoms with Gasteiger partial charge in [0.05, 0.1) is 6.10 Å². The molecule has 0 heterocycles. The molecule has 1 aromatic carbocycles. The van der Waals surface area contributed by atoms with Gasteiger partial charge in [0.2, 0.25) is 0 Å². The van der Waals surface area contributed by atoms with Crippen LogP contribution in [0.25, 0.3) is 0 Å². The Labute approximate surface area is 135 Å². The monoisotopic (exact) mass is 322 g/mol. The second-order valence-electron chi connectivity index (χ2n) is 7.16. The molecule has 0 aliphatic carbocycles. The molecule has 0 aliphatic rings. The summed E-state index contributed by atoms with van der Waals surface area (Å²) in [6, 6.07) is 9.98. The van der Waals surface area contributed by atoms with E-state index in [1.165, 1.54) is 0 Å². The molecule has 1 N–H and O–H groups in total. The zero-order valence-corrected chi connectivity index (χ0v) is 15.5. The van der Waals surface area contributed by atoms with Crippen LogP contribution >= 0.6 is 0 Å². The fraction of sp³-hybridized carbons (Fsp3) is 0.611. The van der Waals surface area contributed by atoms with Crippen molar-refractivity contribution >= 4 is 13.5 Å². The summed E-state index contributed by atoms with van der Waals surface area (Å²) in [4.78, 5) is 13.0. The van der Waals surface area contributed by atoms with Gasteiger partial charge in [-0.3, -0.25) is 0 Å². The van der Waals surface area contributed by atoms with E-state index in [0.29, 0.717) is 18.4 Å². The molecule has 1 aromatic rings. The van der Waals surface area contributed by atoms with Gasteiger partial charge in [0.25, 0.3) is 0 Å². The van der Waals surface area contributed by atoms with E-state index in [1.807, 2.05) is 30.3 Å². The molecule has 2 atom stereocenters. The number of hydrogen-bond donors (Lipinski definition) is 1. The molecular formula is C18H30O3Si. The van der Waals surface area contributed by atoms with Gasteiger partial charge < -0.3 is 14.6 Å². The third kappa shape index (κ3) is 5.34. The van der Waals surface area contributed by atoms with Gasteiger partial charge >= 0.3 is 0 Å². The Morgan fingerprint density at radius 1 is 1.18 bits per heavy atom. The molecule has 0 bridgehead atoms. The molecule has 0 radical (unpaired) electrons. The zero-order valence-electron chi connectivity index (χ0n) is 14.5. The summed E-state index contributed by atoms with van der Waals surface area (Å²) in [5.74, 6) is 0.0892. The first-order chi connectivity index (χ1) is 10.3. The predicted molar refractivity (Wildman–Crippen MR) is 93.5 cm³/mol. The van der Waals surface area contributed by atoms with Gasteiger partial charge in [0.1, 0.15) is 13.5 Å². The summed E-state index contributed by atoms with van der Waals surface area (Å²) in [5.41, 5.74) is 1.05. The summed E-state index contributed by atoms with van der Waals surface area (Å²) in [5, 5.41) is 9.36. The Hall–Kier alpha value is -0.973. The standard InChI is InChI=1S/C18H30O3Si/c1-14(2)16(18(20)22(3,4)5)17(21-13-9-12-19)15-10-7-6-8-11-15/h6-8,10-11,14,16-17,19H,9,12-13H2,1-5H3/t16-,17-/m0/s1. The van der Waals surface area contributed by atoms with Crippen LogP contribution in [-0.4, -0.2) is 31.8 Å². The molecule has 124 valence electrons. The van der Waals surface area contributed by atoms with Crippen LogP contribution in [0.15, 0.2) is 30.3 Å². The van der Waals surface area contributed by atoms with E-state index in [9.17, 15) is 4.79 Å². The van der Waals surface area contributed by atoms with Crippen molar-refractivity contribution in [2.45, 2.75) is 46.0 Å². The highest BCUT2D eigenvalue weighted by Crippen LogP contribution is 2.34. The zero-order chi connectivity index (χ0) is 16.8. The van der Waals surface area contributed by atoms with Crippen molar-refractivity contribution in [2.75, 3.05) is 13.2 Å². The minimum atomic E-state index is -1.90. The molecule has 0 aliphatic heterocycles. The molecule has 0 amide bonds. The van der Waals surface area contributed by atoms with E-state index < -0.39 is 8.07 Å². The Balaban J connectivity index is 3.12. The molecule has 1 rings (SSSR count). The topological polar surface area (TPSA) is 46.5 Å². The highest BCUT2D eigenvalue weighted by Gasteiger charge is 2.39. The van der Waals surface area contributed by atoms with Gasteiger partial charge in [-0.15, -0.1) is 0 Å². The Morgan fingerprint density at radius 3 is 2.23 bits per heavy atom. The maximum absolute atomic E-state index is 13.0. The summed E-state index contributed by atoms with van der Waals surface area (Å²) in [6.07, 6.45) is 0.363. The lowest BCUT2D eigenvalue weighted by Gasteiger charge is -2.33. The number of aliphatic hydroxyl groups is 1. The van der Waals surface area contributed by atoms with Crippen molar-refractivity contribution < 1.29 is 14.6 Å². The smallest absolute Gasteiger partial charge is 0.124 e. The second-order valence-corrected chi connectivity index (χ2v) is 12.2. The minimum Gasteiger partial charge on any atom is -0.396 e. The van der Waals surface area contributed by atoms with Gasteiger partial charge in [-0.2, -0.15) is 0 Å². The average Bonchev–Trinajstić information content (AvgIpc) is 2.45. The SMILES string of the molecule is CC(C)[C@H](C(=O)[Si](C)(C)C)[C@@H](OCCCO)c1ccccc1. The first-order valence-corrected chi connectivity index (χ1v) is 11.6. The first-order valence-electron chi connectivity index (χ1n) is 8.10. The second kappa shape index (κ2) is 8.60. The van der Waals surface area contributed by atoms with Crippen LogP contribution in [0, 0.1) is 11.8 Å². The fourth-order valence-corrected chi connectivity index (χ4v) is 4.10. The lowest BCUT2D eigenvalue weighted by molar-refractivity contribution is -0.124. The van der Waals surface area contributed by atoms with E-state index in [0.717, 1.165) is 5.56 Å². The summed E-state index contributed by atoms with van der Waals surface area (Å²) in [6.45, 7) is 11.1. The molecule has 0 aromatic heterocycles. The maximum Gasteiger partial charge on any atom is 0.124 e. The van der Waals surface area contributed by atoms with Crippen LogP contribution in [0.3, 0.4) is 0 Å². The van der Waals surface area contributed by atoms with Crippen molar-refractivity contribution in [3.05, 3.63) is 35.9 Å². The molecular weight excluding hydrogens is 292 g/mol. The number of carbonyl (C=O) groups is 1. The number of rotatable bonds is 9. The number of ether oxygens (including phenoxy) is 1. The van der Waals surface area contributed by atoms with E-state index in [2.05, 4.69) is 33.5 Å². The quantitative estimate of drug-likeness (QED) is 0.555. The maximum atomic E-state index is 13.0. The van der Waals surface area contributed by atoms with Crippen LogP contribution in [-0.2, 0) is 9.53 Å². The Bertz CT molecular complexity index is 451. The molecule has 4 heteroatoms. The summed E-state index contributed by atoms with van der Waals surface area (Å²) >= 11 is 0. The molecule has 0 spiro atoms. The molecule has 0 saturated heterocycles. The van der Waals surface area contributed by atoms with Gasteiger partial charge in [0, 0.05) is 19.1 Å². The van der Waals surface area contributed by atoms with E-state index in [-0.39, 0.29) is 24.5 Å². The average molecular weight is 323 g/mol. The Kier molecular flexibility index (Phi) is 7.46. The molecule has 22 heavy (non-hydrogen) atoms. The normalized spacial score (nSPS) is 14.9. The highest BCUT2D eigenvalue weighted by atomic mass is 28.3. The highest BCUT2D eigenvalue weighted by molar-refractivity contribution is 7.03. The number of carbonyl (C=O) groups excluding carboxylic acids is 1. The van der Waals surface area contributed by atoms with Crippen LogP contribution in [0.5, 0.6) is 0 Å². The van der Waals surface area contributed by atoms with Crippen molar-refractivity contribution in [1.82, 2.24) is 0 Å². The molecule has 3 nitrogen and oxygen atoms in total. The van der Waals surface area contributed by atoms with E-state index in [1.54, 1.807) is 0 Å². The molecule has 0 saturated carbocycles. The number of aliphatic hydroxyl groups excluding tert-OH is 1. The van der Waals surface area contributed by atoms with Gasteiger partial charge in [-0.1, -0.05) is 63.8 Å².